The minimum Gasteiger partial charge on any atom is -0.541 e. The standard InChI is InChI=1S/C16H26O5Si.C15H26O4Si.C15H24O4Si.C8H8O5.C2H6/c1-16(2,3)22(7,8)21-13-10-11(15(17)20-6)9-12(18-4)14(13)19-5;2*1-15(2,3)20(6,7)19-13-9-11(10-16)8-12(17-4)14(13)18-5;1-13-8(12)4-2-5(9)7(11)6(10)3-4;1-2/h9-10H,1-8H3;8-9,16H,10H2,1-7H3;8-10H,1-7H3;2-3,9-11H,1H3;1-2H3. The zero-order valence-electron chi connectivity index (χ0n) is 50.4. The fourth-order valence-corrected chi connectivity index (χ4v) is 8.63. The van der Waals surface area contributed by atoms with E-state index in [1.807, 2.05) is 19.9 Å². The predicted molar refractivity (Wildman–Crippen MR) is 309 cm³/mol. The summed E-state index contributed by atoms with van der Waals surface area (Å²) in [7, 11) is 5.78. The first-order valence-electron chi connectivity index (χ1n) is 24.8. The number of phenolic OH excluding ortho intramolecular Hbond substituents is 3. The number of aliphatic hydroxyl groups is 1. The Balaban J connectivity index is 0.00000100. The smallest absolute Gasteiger partial charge is 0.338 e. The normalized spacial score (nSPS) is 11.4. The van der Waals surface area contributed by atoms with Gasteiger partial charge in [-0.1, -0.05) is 76.2 Å². The average Bonchev–Trinajstić information content (AvgIpc) is 3.36. The number of hydrogen-bond donors (Lipinski definition) is 4. The number of aromatic hydroxyl groups is 3. The molecule has 0 aliphatic carbocycles. The zero-order valence-corrected chi connectivity index (χ0v) is 53.4. The number of methoxy groups -OCH3 is 8. The topological polar surface area (TPSA) is 234 Å². The highest BCUT2D eigenvalue weighted by Gasteiger charge is 2.42. The highest BCUT2D eigenvalue weighted by molar-refractivity contribution is 6.75. The summed E-state index contributed by atoms with van der Waals surface area (Å²) in [5, 5.41) is 36.5. The van der Waals surface area contributed by atoms with Crippen LogP contribution < -0.4 is 41.7 Å². The first-order chi connectivity index (χ1) is 35.4. The largest absolute Gasteiger partial charge is 0.541 e. The highest BCUT2D eigenvalue weighted by atomic mass is 28.4. The Labute approximate surface area is 461 Å². The molecule has 4 rings (SSSR count). The van der Waals surface area contributed by atoms with Gasteiger partial charge in [-0.15, -0.1) is 0 Å². The Morgan fingerprint density at radius 1 is 0.455 bits per heavy atom. The van der Waals surface area contributed by atoms with Gasteiger partial charge in [-0.2, -0.15) is 0 Å². The maximum Gasteiger partial charge on any atom is 0.338 e. The molecule has 4 aromatic rings. The van der Waals surface area contributed by atoms with Gasteiger partial charge in [0.15, 0.2) is 51.7 Å². The van der Waals surface area contributed by atoms with Crippen LogP contribution in [-0.2, 0) is 16.1 Å². The summed E-state index contributed by atoms with van der Waals surface area (Å²) in [5.41, 5.74) is 1.59. The van der Waals surface area contributed by atoms with Crippen molar-refractivity contribution in [3.8, 4) is 69.0 Å². The number of carbonyl (C=O) groups is 3. The third-order valence-corrected chi connectivity index (χ3v) is 26.2. The molecular formula is C56H90O18Si3. The Bertz CT molecular complexity index is 2520. The number of phenols is 3. The molecule has 0 fully saturated rings. The van der Waals surface area contributed by atoms with Crippen molar-refractivity contribution in [1.29, 1.82) is 0 Å². The highest BCUT2D eigenvalue weighted by Crippen LogP contribution is 2.47. The molecule has 0 atom stereocenters. The van der Waals surface area contributed by atoms with Crippen molar-refractivity contribution in [2.45, 2.75) is 137 Å². The Morgan fingerprint density at radius 2 is 0.727 bits per heavy atom. The van der Waals surface area contributed by atoms with Gasteiger partial charge in [0.25, 0.3) is 25.0 Å². The molecule has 0 aliphatic rings. The molecule has 4 aromatic carbocycles. The second kappa shape index (κ2) is 30.0. The lowest BCUT2D eigenvalue weighted by molar-refractivity contribution is 0.0591. The fourth-order valence-electron chi connectivity index (χ4n) is 5.61. The van der Waals surface area contributed by atoms with E-state index in [4.69, 9.17) is 61.8 Å². The van der Waals surface area contributed by atoms with Gasteiger partial charge in [0.05, 0.1) is 74.6 Å². The van der Waals surface area contributed by atoms with Crippen LogP contribution in [-0.4, -0.2) is 120 Å². The van der Waals surface area contributed by atoms with Crippen LogP contribution in [0.25, 0.3) is 0 Å². The lowest BCUT2D eigenvalue weighted by atomic mass is 10.2. The van der Waals surface area contributed by atoms with Crippen molar-refractivity contribution < 1.29 is 86.0 Å². The van der Waals surface area contributed by atoms with Crippen molar-refractivity contribution in [2.24, 2.45) is 0 Å². The molecule has 21 heteroatoms. The molecule has 77 heavy (non-hydrogen) atoms. The number of rotatable bonds is 16. The second-order valence-electron chi connectivity index (χ2n) is 21.5. The van der Waals surface area contributed by atoms with Crippen LogP contribution in [0.1, 0.15) is 113 Å². The summed E-state index contributed by atoms with van der Waals surface area (Å²) in [6.45, 7) is 36.3. The van der Waals surface area contributed by atoms with E-state index in [0.717, 1.165) is 24.0 Å². The summed E-state index contributed by atoms with van der Waals surface area (Å²) < 4.78 is 60.1. The van der Waals surface area contributed by atoms with Crippen LogP contribution >= 0.6 is 0 Å². The van der Waals surface area contributed by atoms with Gasteiger partial charge in [-0.3, -0.25) is 4.79 Å². The van der Waals surface area contributed by atoms with E-state index in [2.05, 4.69) is 106 Å². The number of hydrogen-bond acceptors (Lipinski definition) is 18. The molecule has 0 saturated carbocycles. The van der Waals surface area contributed by atoms with E-state index in [1.54, 1.807) is 65.9 Å². The maximum atomic E-state index is 11.8. The van der Waals surface area contributed by atoms with Gasteiger partial charge in [0.1, 0.15) is 6.29 Å². The minimum absolute atomic E-state index is 0.0204. The summed E-state index contributed by atoms with van der Waals surface area (Å²) >= 11 is 0. The SMILES string of the molecule is CC.COC(=O)c1cc(O)c(O)c(O)c1.COC(=O)c1cc(OC)c(OC)c(O[Si](C)(C)C(C)(C)C)c1.COc1cc(C=O)cc(O[Si](C)(C)C(C)(C)C)c1OC.COc1cc(CO)cc(O[Si](C)(C)C(C)(C)C)c1OC. The third kappa shape index (κ3) is 19.6. The van der Waals surface area contributed by atoms with Crippen LogP contribution in [0.15, 0.2) is 48.5 Å². The van der Waals surface area contributed by atoms with E-state index in [-0.39, 0.29) is 27.3 Å². The summed E-state index contributed by atoms with van der Waals surface area (Å²) in [6, 6.07) is 12.2. The molecule has 4 N–H and O–H groups in total. The van der Waals surface area contributed by atoms with Crippen molar-refractivity contribution in [3.05, 3.63) is 70.8 Å². The van der Waals surface area contributed by atoms with Gasteiger partial charge in [0, 0.05) is 5.56 Å². The molecule has 18 nitrogen and oxygen atoms in total. The van der Waals surface area contributed by atoms with E-state index < -0.39 is 54.1 Å². The van der Waals surface area contributed by atoms with Crippen molar-refractivity contribution >= 4 is 43.2 Å². The van der Waals surface area contributed by atoms with Crippen LogP contribution in [0.2, 0.25) is 54.4 Å². The van der Waals surface area contributed by atoms with Crippen LogP contribution in [0.3, 0.4) is 0 Å². The molecule has 0 aliphatic heterocycles. The van der Waals surface area contributed by atoms with E-state index in [1.165, 1.54) is 21.3 Å². The van der Waals surface area contributed by atoms with Gasteiger partial charge < -0.3 is 71.6 Å². The quantitative estimate of drug-likeness (QED) is 0.0353. The Kier molecular flexibility index (Phi) is 27.6. The molecule has 0 saturated heterocycles. The van der Waals surface area contributed by atoms with Gasteiger partial charge >= 0.3 is 11.9 Å². The predicted octanol–water partition coefficient (Wildman–Crippen LogP) is 13.0. The number of aliphatic hydroxyl groups excluding tert-OH is 1. The summed E-state index contributed by atoms with van der Waals surface area (Å²) in [5.74, 6) is 1.90. The molecule has 434 valence electrons. The lowest BCUT2D eigenvalue weighted by Gasteiger charge is -2.37. The van der Waals surface area contributed by atoms with Gasteiger partial charge in [-0.05, 0) is 108 Å². The molecule has 0 unspecified atom stereocenters. The molecule has 0 heterocycles. The molecule has 0 bridgehead atoms. The first-order valence-corrected chi connectivity index (χ1v) is 33.5. The zero-order chi connectivity index (χ0) is 60.2. The maximum absolute atomic E-state index is 11.8. The molecule has 0 spiro atoms. The molecule has 0 aromatic heterocycles. The second-order valence-corrected chi connectivity index (χ2v) is 35.7. The first kappa shape index (κ1) is 70.7. The molecule has 0 radical (unpaired) electrons. The Morgan fingerprint density at radius 3 is 1.03 bits per heavy atom. The van der Waals surface area contributed by atoms with E-state index >= 15 is 0 Å². The number of ether oxygens (including phenoxy) is 8. The average molecular weight is 1140 g/mol. The van der Waals surface area contributed by atoms with E-state index in [9.17, 15) is 19.5 Å². The third-order valence-electron chi connectivity index (χ3n) is 13.2. The fraction of sp³-hybridized carbons (Fsp3) is 0.518. The number of aldehydes is 1. The van der Waals surface area contributed by atoms with Gasteiger partial charge in [0.2, 0.25) is 17.2 Å². The van der Waals surface area contributed by atoms with Gasteiger partial charge in [-0.25, -0.2) is 9.59 Å². The van der Waals surface area contributed by atoms with Crippen LogP contribution in [0.4, 0.5) is 0 Å². The van der Waals surface area contributed by atoms with Crippen molar-refractivity contribution in [3.63, 3.8) is 0 Å². The number of benzene rings is 4. The monoisotopic (exact) mass is 1130 g/mol. The van der Waals surface area contributed by atoms with Crippen LogP contribution in [0.5, 0.6) is 69.0 Å². The molecule has 0 amide bonds. The summed E-state index contributed by atoms with van der Waals surface area (Å²) in [6.07, 6.45) is 0.778. The van der Waals surface area contributed by atoms with E-state index in [0.29, 0.717) is 62.9 Å². The Hall–Kier alpha value is -6.30. The lowest BCUT2D eigenvalue weighted by Crippen LogP contribution is -2.44. The number of esters is 2. The van der Waals surface area contributed by atoms with Crippen LogP contribution in [0, 0.1) is 0 Å². The minimum atomic E-state index is -2.08. The van der Waals surface area contributed by atoms with Crippen molar-refractivity contribution in [1.82, 2.24) is 0 Å². The molecular weight excluding hydrogens is 1040 g/mol. The summed E-state index contributed by atoms with van der Waals surface area (Å²) in [4.78, 5) is 33.8. The van der Waals surface area contributed by atoms with Crippen molar-refractivity contribution in [2.75, 3.05) is 56.9 Å². The number of carbonyl (C=O) groups excluding carboxylic acids is 3.